The summed E-state index contributed by atoms with van der Waals surface area (Å²) >= 11 is 0. The number of hydrogen-bond donors (Lipinski definition) is 0. The van der Waals surface area contributed by atoms with Crippen molar-refractivity contribution in [1.29, 1.82) is 0 Å². The lowest BCUT2D eigenvalue weighted by molar-refractivity contribution is -0.384. The minimum Gasteiger partial charge on any atom is -0.488 e. The molecular formula is C21H21F2N3O3. The van der Waals surface area contributed by atoms with Crippen LogP contribution in [0.2, 0.25) is 0 Å². The van der Waals surface area contributed by atoms with E-state index in [1.54, 1.807) is 11.7 Å². The van der Waals surface area contributed by atoms with Crippen LogP contribution >= 0.6 is 0 Å². The summed E-state index contributed by atoms with van der Waals surface area (Å²) in [6, 6.07) is 7.65. The average Bonchev–Trinajstić information content (AvgIpc) is 3.03. The van der Waals surface area contributed by atoms with E-state index in [2.05, 4.69) is 5.10 Å². The van der Waals surface area contributed by atoms with Crippen LogP contribution in [0.4, 0.5) is 14.5 Å². The molecule has 1 aromatic heterocycles. The topological polar surface area (TPSA) is 70.2 Å². The number of hydrogen-bond acceptors (Lipinski definition) is 4. The number of rotatable bonds is 5. The lowest BCUT2D eigenvalue weighted by atomic mass is 9.85. The number of nitro groups is 1. The van der Waals surface area contributed by atoms with Crippen LogP contribution in [0.3, 0.4) is 0 Å². The molecule has 0 amide bonds. The second-order valence-corrected chi connectivity index (χ2v) is 7.74. The van der Waals surface area contributed by atoms with Gasteiger partial charge in [-0.3, -0.25) is 14.8 Å². The maximum Gasteiger partial charge on any atom is 0.270 e. The van der Waals surface area contributed by atoms with Crippen molar-refractivity contribution in [1.82, 2.24) is 9.78 Å². The molecular weight excluding hydrogens is 380 g/mol. The van der Waals surface area contributed by atoms with Gasteiger partial charge in [0.05, 0.1) is 21.7 Å². The number of non-ortho nitro benzene ring substituents is 1. The van der Waals surface area contributed by atoms with Gasteiger partial charge >= 0.3 is 0 Å². The van der Waals surface area contributed by atoms with Crippen LogP contribution in [0.1, 0.15) is 31.9 Å². The molecule has 0 spiro atoms. The van der Waals surface area contributed by atoms with Crippen molar-refractivity contribution < 1.29 is 18.4 Å². The summed E-state index contributed by atoms with van der Waals surface area (Å²) in [6.45, 7) is 5.64. The lowest BCUT2D eigenvalue weighted by Gasteiger charge is -2.19. The van der Waals surface area contributed by atoms with Gasteiger partial charge in [0.1, 0.15) is 24.0 Å². The van der Waals surface area contributed by atoms with Crippen LogP contribution in [0, 0.1) is 21.7 Å². The predicted molar refractivity (Wildman–Crippen MR) is 105 cm³/mol. The summed E-state index contributed by atoms with van der Waals surface area (Å²) in [4.78, 5) is 10.8. The van der Waals surface area contributed by atoms with E-state index in [4.69, 9.17) is 4.74 Å². The van der Waals surface area contributed by atoms with Gasteiger partial charge < -0.3 is 4.74 Å². The molecule has 0 fully saturated rings. The summed E-state index contributed by atoms with van der Waals surface area (Å²) in [5, 5.41) is 15.8. The molecule has 0 saturated carbocycles. The molecule has 29 heavy (non-hydrogen) atoms. The monoisotopic (exact) mass is 401 g/mol. The van der Waals surface area contributed by atoms with E-state index in [1.807, 2.05) is 27.0 Å². The Kier molecular flexibility index (Phi) is 5.37. The van der Waals surface area contributed by atoms with E-state index in [9.17, 15) is 18.9 Å². The van der Waals surface area contributed by atoms with Crippen molar-refractivity contribution in [3.05, 3.63) is 75.5 Å². The molecule has 2 aromatic carbocycles. The van der Waals surface area contributed by atoms with Crippen molar-refractivity contribution in [2.24, 2.45) is 7.05 Å². The molecule has 0 aliphatic rings. The van der Waals surface area contributed by atoms with Gasteiger partial charge in [-0.1, -0.05) is 26.8 Å². The first-order chi connectivity index (χ1) is 13.6. The molecule has 0 aliphatic carbocycles. The Morgan fingerprint density at radius 3 is 2.41 bits per heavy atom. The fraction of sp³-hybridized carbons (Fsp3) is 0.286. The lowest BCUT2D eigenvalue weighted by Crippen LogP contribution is -2.12. The standard InChI is InChI=1S/C21H21F2N3O3/c1-21(2,3)16-11-25(4)24-20(16)14-10-13(26(27)28)8-9-19(14)29-12-15-17(22)6-5-7-18(15)23/h5-11H,12H2,1-4H3. The van der Waals surface area contributed by atoms with E-state index in [0.717, 1.165) is 17.7 Å². The van der Waals surface area contributed by atoms with Gasteiger partial charge in [0, 0.05) is 30.9 Å². The smallest absolute Gasteiger partial charge is 0.270 e. The largest absolute Gasteiger partial charge is 0.488 e. The Morgan fingerprint density at radius 1 is 1.17 bits per heavy atom. The van der Waals surface area contributed by atoms with Gasteiger partial charge in [-0.15, -0.1) is 0 Å². The first-order valence-electron chi connectivity index (χ1n) is 8.96. The molecule has 0 unspecified atom stereocenters. The summed E-state index contributed by atoms with van der Waals surface area (Å²) in [7, 11) is 1.76. The quantitative estimate of drug-likeness (QED) is 0.438. The molecule has 0 N–H and O–H groups in total. The van der Waals surface area contributed by atoms with Crippen molar-refractivity contribution in [2.75, 3.05) is 0 Å². The molecule has 8 heteroatoms. The van der Waals surface area contributed by atoms with Crippen LogP contribution in [0.15, 0.2) is 42.6 Å². The number of aryl methyl sites for hydroxylation is 1. The van der Waals surface area contributed by atoms with Gasteiger partial charge in [-0.05, 0) is 23.6 Å². The highest BCUT2D eigenvalue weighted by Gasteiger charge is 2.26. The minimum atomic E-state index is -0.721. The zero-order valence-corrected chi connectivity index (χ0v) is 16.6. The number of ether oxygens (including phenoxy) is 1. The zero-order valence-electron chi connectivity index (χ0n) is 16.6. The highest BCUT2D eigenvalue weighted by molar-refractivity contribution is 5.73. The third kappa shape index (κ3) is 4.26. The first-order valence-corrected chi connectivity index (χ1v) is 8.96. The molecule has 152 valence electrons. The fourth-order valence-corrected chi connectivity index (χ4v) is 3.00. The van der Waals surface area contributed by atoms with Gasteiger partial charge in [0.25, 0.3) is 5.69 Å². The molecule has 1 heterocycles. The summed E-state index contributed by atoms with van der Waals surface area (Å²) in [5.74, 6) is -1.19. The van der Waals surface area contributed by atoms with E-state index in [-0.39, 0.29) is 29.0 Å². The van der Waals surface area contributed by atoms with E-state index in [1.165, 1.54) is 24.3 Å². The average molecular weight is 401 g/mol. The second kappa shape index (κ2) is 7.62. The number of benzene rings is 2. The molecule has 0 radical (unpaired) electrons. The Morgan fingerprint density at radius 2 is 1.83 bits per heavy atom. The Labute approximate surface area is 166 Å². The normalized spacial score (nSPS) is 11.5. The number of nitrogens with zero attached hydrogens (tertiary/aromatic N) is 3. The maximum absolute atomic E-state index is 13.9. The Balaban J connectivity index is 2.09. The van der Waals surface area contributed by atoms with Crippen molar-refractivity contribution in [2.45, 2.75) is 32.8 Å². The maximum atomic E-state index is 13.9. The summed E-state index contributed by atoms with van der Waals surface area (Å²) in [5.41, 5.74) is 1.14. The number of halogens is 2. The fourth-order valence-electron chi connectivity index (χ4n) is 3.00. The zero-order chi connectivity index (χ0) is 21.3. The molecule has 0 aliphatic heterocycles. The van der Waals surface area contributed by atoms with E-state index >= 15 is 0 Å². The van der Waals surface area contributed by atoms with Crippen LogP contribution in [-0.4, -0.2) is 14.7 Å². The third-order valence-electron chi connectivity index (χ3n) is 4.50. The van der Waals surface area contributed by atoms with E-state index < -0.39 is 16.6 Å². The highest BCUT2D eigenvalue weighted by Crippen LogP contribution is 2.39. The second-order valence-electron chi connectivity index (χ2n) is 7.74. The van der Waals surface area contributed by atoms with Gasteiger partial charge in [-0.25, -0.2) is 8.78 Å². The molecule has 0 saturated heterocycles. The van der Waals surface area contributed by atoms with E-state index in [0.29, 0.717) is 11.3 Å². The number of nitro benzene ring substituents is 1. The summed E-state index contributed by atoms with van der Waals surface area (Å²) < 4.78 is 35.2. The van der Waals surface area contributed by atoms with Crippen molar-refractivity contribution >= 4 is 5.69 Å². The van der Waals surface area contributed by atoms with Crippen LogP contribution in [0.25, 0.3) is 11.3 Å². The molecule has 0 atom stereocenters. The molecule has 3 aromatic rings. The number of aromatic nitrogens is 2. The van der Waals surface area contributed by atoms with Crippen molar-refractivity contribution in [3.63, 3.8) is 0 Å². The van der Waals surface area contributed by atoms with Crippen molar-refractivity contribution in [3.8, 4) is 17.0 Å². The Bertz CT molecular complexity index is 1050. The van der Waals surface area contributed by atoms with Gasteiger partial charge in [-0.2, -0.15) is 5.10 Å². The van der Waals surface area contributed by atoms with Crippen LogP contribution in [0.5, 0.6) is 5.75 Å². The molecule has 0 bridgehead atoms. The minimum absolute atomic E-state index is 0.130. The molecule has 6 nitrogen and oxygen atoms in total. The van der Waals surface area contributed by atoms with Gasteiger partial charge in [0.2, 0.25) is 0 Å². The van der Waals surface area contributed by atoms with Crippen LogP contribution < -0.4 is 4.74 Å². The molecule has 3 rings (SSSR count). The summed E-state index contributed by atoms with van der Waals surface area (Å²) in [6.07, 6.45) is 1.84. The Hall–Kier alpha value is -3.29. The highest BCUT2D eigenvalue weighted by atomic mass is 19.1. The first kappa shape index (κ1) is 20.4. The SMILES string of the molecule is Cn1cc(C(C)(C)C)c(-c2cc([N+](=O)[O-])ccc2OCc2c(F)cccc2F)n1. The predicted octanol–water partition coefficient (Wildman–Crippen LogP) is 5.15. The van der Waals surface area contributed by atoms with Gasteiger partial charge in [0.15, 0.2) is 0 Å². The van der Waals surface area contributed by atoms with Crippen LogP contribution in [-0.2, 0) is 19.1 Å². The third-order valence-corrected chi connectivity index (χ3v) is 4.50.